The van der Waals surface area contributed by atoms with Gasteiger partial charge in [0.25, 0.3) is 0 Å². The molecule has 1 atom stereocenters. The predicted octanol–water partition coefficient (Wildman–Crippen LogP) is 6.41. The molecular formula is C28H32N4O2S. The Morgan fingerprint density at radius 2 is 1.97 bits per heavy atom. The fourth-order valence-corrected chi connectivity index (χ4v) is 5.69. The monoisotopic (exact) mass is 488 g/mol. The van der Waals surface area contributed by atoms with E-state index in [-0.39, 0.29) is 17.2 Å². The van der Waals surface area contributed by atoms with Gasteiger partial charge in [0.15, 0.2) is 5.78 Å². The van der Waals surface area contributed by atoms with Gasteiger partial charge in [0.1, 0.15) is 18.4 Å². The summed E-state index contributed by atoms with van der Waals surface area (Å²) in [4.78, 5) is 18.2. The maximum absolute atomic E-state index is 13.5. The van der Waals surface area contributed by atoms with Gasteiger partial charge in [-0.1, -0.05) is 81.4 Å². The molecule has 3 aromatic rings. The van der Waals surface area contributed by atoms with Crippen molar-refractivity contribution in [2.75, 3.05) is 11.1 Å². The number of nitrogens with one attached hydrogen (secondary N) is 1. The third kappa shape index (κ3) is 5.15. The van der Waals surface area contributed by atoms with Crippen LogP contribution in [0.1, 0.15) is 63.6 Å². The van der Waals surface area contributed by atoms with E-state index in [9.17, 15) is 4.79 Å². The fourth-order valence-electron chi connectivity index (χ4n) is 4.78. The van der Waals surface area contributed by atoms with E-state index in [1.165, 1.54) is 0 Å². The summed E-state index contributed by atoms with van der Waals surface area (Å²) in [5.74, 6) is 2.63. The Morgan fingerprint density at radius 1 is 1.14 bits per heavy atom. The van der Waals surface area contributed by atoms with Crippen molar-refractivity contribution >= 4 is 23.5 Å². The number of unbranched alkanes of at least 4 members (excludes halogenated alkanes) is 1. The number of carbonyl (C=O) groups excluding carboxylic acids is 1. The Hall–Kier alpha value is -3.06. The molecule has 2 heterocycles. The molecule has 5 rings (SSSR count). The first kappa shape index (κ1) is 23.7. The number of benzene rings is 2. The van der Waals surface area contributed by atoms with Crippen LogP contribution < -0.4 is 10.1 Å². The largest absolute Gasteiger partial charge is 0.489 e. The van der Waals surface area contributed by atoms with Crippen molar-refractivity contribution in [1.29, 1.82) is 0 Å². The summed E-state index contributed by atoms with van der Waals surface area (Å²) in [6, 6.07) is 17.8. The van der Waals surface area contributed by atoms with Gasteiger partial charge >= 0.3 is 0 Å². The molecule has 7 heteroatoms. The van der Waals surface area contributed by atoms with Gasteiger partial charge in [0.05, 0.1) is 0 Å². The topological polar surface area (TPSA) is 69.0 Å². The number of carbonyl (C=O) groups is 1. The number of hydrogen-bond donors (Lipinski definition) is 1. The number of fused-ring (bicyclic) bond motifs is 1. The molecule has 182 valence electrons. The van der Waals surface area contributed by atoms with E-state index in [2.05, 4.69) is 44.3 Å². The van der Waals surface area contributed by atoms with Crippen LogP contribution in [0.3, 0.4) is 0 Å². The second kappa shape index (κ2) is 9.90. The second-order valence-electron chi connectivity index (χ2n) is 10.1. The average Bonchev–Trinajstić information content (AvgIpc) is 3.24. The minimum Gasteiger partial charge on any atom is -0.489 e. The lowest BCUT2D eigenvalue weighted by Crippen LogP contribution is -2.36. The van der Waals surface area contributed by atoms with Gasteiger partial charge in [-0.3, -0.25) is 4.79 Å². The SMILES string of the molecule is CCCCSc1nc2n(n1)C(c1cccc(OCc3ccccc3)c1)C1=C(CC(C)(C)CC1=O)N2. The summed E-state index contributed by atoms with van der Waals surface area (Å²) >= 11 is 1.67. The molecule has 1 unspecified atom stereocenters. The highest BCUT2D eigenvalue weighted by Gasteiger charge is 2.42. The molecule has 0 saturated heterocycles. The van der Waals surface area contributed by atoms with Crippen LogP contribution in [0.2, 0.25) is 0 Å². The third-order valence-electron chi connectivity index (χ3n) is 6.46. The zero-order valence-electron chi connectivity index (χ0n) is 20.6. The van der Waals surface area contributed by atoms with E-state index in [0.29, 0.717) is 19.0 Å². The lowest BCUT2D eigenvalue weighted by Gasteiger charge is -2.38. The Bertz CT molecular complexity index is 1250. The maximum Gasteiger partial charge on any atom is 0.227 e. The zero-order chi connectivity index (χ0) is 24.4. The molecule has 1 aliphatic heterocycles. The van der Waals surface area contributed by atoms with Gasteiger partial charge in [-0.15, -0.1) is 5.10 Å². The highest BCUT2D eigenvalue weighted by atomic mass is 32.2. The Balaban J connectivity index is 1.50. The van der Waals surface area contributed by atoms with Gasteiger partial charge in [0.2, 0.25) is 11.1 Å². The molecule has 0 fully saturated rings. The van der Waals surface area contributed by atoms with Crippen molar-refractivity contribution in [3.63, 3.8) is 0 Å². The standard InChI is InChI=1S/C28H32N4O2S/c1-4-5-14-35-27-30-26-29-22-16-28(2,3)17-23(33)24(22)25(32(26)31-27)20-12-9-13-21(15-20)34-18-19-10-7-6-8-11-19/h6-13,15,25H,4-5,14,16-18H2,1-3H3,(H,29,30,31). The second-order valence-corrected chi connectivity index (χ2v) is 11.1. The lowest BCUT2D eigenvalue weighted by molar-refractivity contribution is -0.118. The lowest BCUT2D eigenvalue weighted by atomic mass is 9.73. The minimum atomic E-state index is -0.321. The van der Waals surface area contributed by atoms with Crippen molar-refractivity contribution in [1.82, 2.24) is 14.8 Å². The molecule has 0 amide bonds. The summed E-state index contributed by atoms with van der Waals surface area (Å²) < 4.78 is 8.00. The number of Topliss-reactive ketones (excluding diaryl/α,β-unsaturated/α-hetero) is 1. The molecule has 0 spiro atoms. The minimum absolute atomic E-state index is 0.0883. The van der Waals surface area contributed by atoms with Gasteiger partial charge in [-0.05, 0) is 41.5 Å². The molecule has 35 heavy (non-hydrogen) atoms. The van der Waals surface area contributed by atoms with Crippen LogP contribution in [-0.4, -0.2) is 26.3 Å². The Morgan fingerprint density at radius 3 is 2.77 bits per heavy atom. The maximum atomic E-state index is 13.5. The molecule has 0 saturated carbocycles. The fraction of sp³-hybridized carbons (Fsp3) is 0.393. The van der Waals surface area contributed by atoms with Crippen molar-refractivity contribution in [3.8, 4) is 5.75 Å². The number of rotatable bonds is 8. The highest BCUT2D eigenvalue weighted by Crippen LogP contribution is 2.46. The van der Waals surface area contributed by atoms with Gasteiger partial charge in [0, 0.05) is 23.4 Å². The van der Waals surface area contributed by atoms with Crippen LogP contribution >= 0.6 is 11.8 Å². The van der Waals surface area contributed by atoms with Crippen molar-refractivity contribution in [2.45, 2.75) is 64.3 Å². The molecule has 1 N–H and O–H groups in total. The van der Waals surface area contributed by atoms with Crippen LogP contribution in [0.25, 0.3) is 0 Å². The Kier molecular flexibility index (Phi) is 6.69. The van der Waals surface area contributed by atoms with E-state index in [1.807, 2.05) is 41.1 Å². The number of allylic oxidation sites excluding steroid dienone is 2. The van der Waals surface area contributed by atoms with Crippen LogP contribution in [0.4, 0.5) is 5.95 Å². The van der Waals surface area contributed by atoms with Crippen LogP contribution in [0.5, 0.6) is 5.75 Å². The number of aromatic nitrogens is 3. The molecule has 2 aliphatic rings. The molecule has 0 bridgehead atoms. The smallest absolute Gasteiger partial charge is 0.227 e. The highest BCUT2D eigenvalue weighted by molar-refractivity contribution is 7.99. The summed E-state index contributed by atoms with van der Waals surface area (Å²) in [5, 5.41) is 9.05. The molecule has 2 aromatic carbocycles. The molecule has 1 aliphatic carbocycles. The summed E-state index contributed by atoms with van der Waals surface area (Å²) in [6.07, 6.45) is 3.58. The summed E-state index contributed by atoms with van der Waals surface area (Å²) in [7, 11) is 0. The van der Waals surface area contributed by atoms with Gasteiger partial charge in [-0.2, -0.15) is 4.98 Å². The van der Waals surface area contributed by atoms with Gasteiger partial charge < -0.3 is 10.1 Å². The molecule has 6 nitrogen and oxygen atoms in total. The normalized spacial score (nSPS) is 18.6. The number of anilines is 1. The number of hydrogen-bond acceptors (Lipinski definition) is 6. The third-order valence-corrected chi connectivity index (χ3v) is 7.39. The van der Waals surface area contributed by atoms with E-state index in [0.717, 1.165) is 58.3 Å². The van der Waals surface area contributed by atoms with Crippen molar-refractivity contribution in [3.05, 3.63) is 77.0 Å². The first-order valence-corrected chi connectivity index (χ1v) is 13.3. The quantitative estimate of drug-likeness (QED) is 0.292. The van der Waals surface area contributed by atoms with E-state index < -0.39 is 0 Å². The predicted molar refractivity (Wildman–Crippen MR) is 140 cm³/mol. The van der Waals surface area contributed by atoms with Gasteiger partial charge in [-0.25, -0.2) is 4.68 Å². The van der Waals surface area contributed by atoms with Crippen molar-refractivity contribution in [2.24, 2.45) is 5.41 Å². The van der Waals surface area contributed by atoms with Crippen LogP contribution in [-0.2, 0) is 11.4 Å². The van der Waals surface area contributed by atoms with Crippen LogP contribution in [0.15, 0.2) is 71.0 Å². The number of ketones is 1. The number of ether oxygens (including phenoxy) is 1. The van der Waals surface area contributed by atoms with E-state index in [1.54, 1.807) is 11.8 Å². The number of nitrogens with zero attached hydrogens (tertiary/aromatic N) is 3. The Labute approximate surface area is 211 Å². The molecular weight excluding hydrogens is 456 g/mol. The zero-order valence-corrected chi connectivity index (χ0v) is 21.4. The first-order chi connectivity index (χ1) is 16.9. The molecule has 0 radical (unpaired) electrons. The van der Waals surface area contributed by atoms with E-state index >= 15 is 0 Å². The first-order valence-electron chi connectivity index (χ1n) is 12.3. The molecule has 1 aromatic heterocycles. The summed E-state index contributed by atoms with van der Waals surface area (Å²) in [6.45, 7) is 6.97. The van der Waals surface area contributed by atoms with E-state index in [4.69, 9.17) is 14.8 Å². The van der Waals surface area contributed by atoms with Crippen LogP contribution in [0, 0.1) is 5.41 Å². The number of thioether (sulfide) groups is 1. The summed E-state index contributed by atoms with van der Waals surface area (Å²) in [5.41, 5.74) is 3.77. The average molecular weight is 489 g/mol. The van der Waals surface area contributed by atoms with Crippen molar-refractivity contribution < 1.29 is 9.53 Å².